The lowest BCUT2D eigenvalue weighted by Crippen LogP contribution is -2.30. The van der Waals surface area contributed by atoms with E-state index in [9.17, 15) is 14.0 Å². The summed E-state index contributed by atoms with van der Waals surface area (Å²) < 4.78 is 18.6. The van der Waals surface area contributed by atoms with Gasteiger partial charge in [-0.1, -0.05) is 23.7 Å². The highest BCUT2D eigenvalue weighted by Gasteiger charge is 2.16. The van der Waals surface area contributed by atoms with Gasteiger partial charge in [-0.05, 0) is 44.2 Å². The summed E-state index contributed by atoms with van der Waals surface area (Å²) in [5, 5.41) is 2.51. The summed E-state index contributed by atoms with van der Waals surface area (Å²) >= 11 is 5.66. The molecule has 0 saturated carbocycles. The average molecular weight is 336 g/mol. The van der Waals surface area contributed by atoms with Gasteiger partial charge in [0.05, 0.1) is 5.02 Å². The van der Waals surface area contributed by atoms with Gasteiger partial charge in [-0.15, -0.1) is 0 Å². The molecule has 23 heavy (non-hydrogen) atoms. The van der Waals surface area contributed by atoms with E-state index >= 15 is 0 Å². The zero-order valence-electron chi connectivity index (χ0n) is 12.6. The van der Waals surface area contributed by atoms with Gasteiger partial charge in [0.1, 0.15) is 11.6 Å². The van der Waals surface area contributed by atoms with E-state index in [1.807, 2.05) is 0 Å². The highest BCUT2D eigenvalue weighted by atomic mass is 35.5. The molecule has 6 heteroatoms. The minimum absolute atomic E-state index is 0.0782. The van der Waals surface area contributed by atoms with Crippen molar-refractivity contribution in [2.24, 2.45) is 0 Å². The Kier molecular flexibility index (Phi) is 5.34. The standard InChI is InChI=1S/C17H15ClFNO3/c1-10(21)12-4-3-5-14(8-12)23-11(2)17(22)20-13-6-7-16(19)15(18)9-13/h3-9,11H,1-2H3,(H,20,22). The molecule has 1 unspecified atom stereocenters. The number of carbonyl (C=O) groups is 2. The molecule has 0 spiro atoms. The average Bonchev–Trinajstić information content (AvgIpc) is 2.51. The number of ketones is 1. The van der Waals surface area contributed by atoms with Crippen molar-refractivity contribution in [2.75, 3.05) is 5.32 Å². The van der Waals surface area contributed by atoms with Crippen LogP contribution in [0.25, 0.3) is 0 Å². The molecule has 2 aromatic carbocycles. The molecule has 1 amide bonds. The minimum atomic E-state index is -0.805. The molecule has 0 heterocycles. The van der Waals surface area contributed by atoms with Crippen LogP contribution in [0.3, 0.4) is 0 Å². The van der Waals surface area contributed by atoms with Crippen LogP contribution in [0.2, 0.25) is 5.02 Å². The van der Waals surface area contributed by atoms with Gasteiger partial charge in [-0.3, -0.25) is 9.59 Å². The van der Waals surface area contributed by atoms with Crippen LogP contribution in [0.5, 0.6) is 5.75 Å². The van der Waals surface area contributed by atoms with Crippen LogP contribution >= 0.6 is 11.6 Å². The summed E-state index contributed by atoms with van der Waals surface area (Å²) in [6.45, 7) is 3.02. The topological polar surface area (TPSA) is 55.4 Å². The van der Waals surface area contributed by atoms with Crippen LogP contribution in [0.15, 0.2) is 42.5 Å². The summed E-state index contributed by atoms with van der Waals surface area (Å²) in [6, 6.07) is 10.5. The molecule has 2 rings (SSSR count). The van der Waals surface area contributed by atoms with Crippen molar-refractivity contribution in [2.45, 2.75) is 20.0 Å². The SMILES string of the molecule is CC(=O)c1cccc(OC(C)C(=O)Nc2ccc(F)c(Cl)c2)c1. The maximum absolute atomic E-state index is 13.1. The van der Waals surface area contributed by atoms with Crippen LogP contribution in [-0.4, -0.2) is 17.8 Å². The Morgan fingerprint density at radius 1 is 1.22 bits per heavy atom. The Labute approximate surface area is 138 Å². The fourth-order valence-electron chi connectivity index (χ4n) is 1.86. The number of hydrogen-bond acceptors (Lipinski definition) is 3. The maximum Gasteiger partial charge on any atom is 0.265 e. The molecule has 0 bridgehead atoms. The first kappa shape index (κ1) is 17.0. The van der Waals surface area contributed by atoms with Gasteiger partial charge in [-0.2, -0.15) is 0 Å². The molecule has 0 aromatic heterocycles. The Morgan fingerprint density at radius 2 is 1.96 bits per heavy atom. The number of nitrogens with one attached hydrogen (secondary N) is 1. The van der Waals surface area contributed by atoms with E-state index in [-0.39, 0.29) is 10.8 Å². The van der Waals surface area contributed by atoms with Crippen molar-refractivity contribution in [3.8, 4) is 5.75 Å². The molecule has 0 aliphatic rings. The van der Waals surface area contributed by atoms with Gasteiger partial charge < -0.3 is 10.1 Å². The first-order valence-corrected chi connectivity index (χ1v) is 7.28. The summed E-state index contributed by atoms with van der Waals surface area (Å²) in [6.07, 6.45) is -0.805. The van der Waals surface area contributed by atoms with Gasteiger partial charge in [0.25, 0.3) is 5.91 Å². The first-order valence-electron chi connectivity index (χ1n) is 6.90. The minimum Gasteiger partial charge on any atom is -0.481 e. The number of amides is 1. The van der Waals surface area contributed by atoms with E-state index in [0.29, 0.717) is 17.0 Å². The maximum atomic E-state index is 13.1. The van der Waals surface area contributed by atoms with E-state index in [1.54, 1.807) is 31.2 Å². The fraction of sp³-hybridized carbons (Fsp3) is 0.176. The molecule has 4 nitrogen and oxygen atoms in total. The lowest BCUT2D eigenvalue weighted by atomic mass is 10.1. The largest absolute Gasteiger partial charge is 0.481 e. The lowest BCUT2D eigenvalue weighted by Gasteiger charge is -2.15. The summed E-state index contributed by atoms with van der Waals surface area (Å²) in [4.78, 5) is 23.4. The molecule has 1 N–H and O–H groups in total. The lowest BCUT2D eigenvalue weighted by molar-refractivity contribution is -0.122. The summed E-state index contributed by atoms with van der Waals surface area (Å²) in [5.41, 5.74) is 0.870. The molecule has 0 radical (unpaired) electrons. The van der Waals surface area contributed by atoms with Gasteiger partial charge in [-0.25, -0.2) is 4.39 Å². The third-order valence-corrected chi connectivity index (χ3v) is 3.40. The van der Waals surface area contributed by atoms with Crippen molar-refractivity contribution in [3.05, 3.63) is 58.9 Å². The van der Waals surface area contributed by atoms with Gasteiger partial charge in [0.2, 0.25) is 0 Å². The molecule has 1 atom stereocenters. The Bertz CT molecular complexity index is 748. The highest BCUT2D eigenvalue weighted by molar-refractivity contribution is 6.31. The third kappa shape index (κ3) is 4.53. The van der Waals surface area contributed by atoms with E-state index in [4.69, 9.17) is 16.3 Å². The molecule has 0 saturated heterocycles. The second-order valence-corrected chi connectivity index (χ2v) is 5.37. The van der Waals surface area contributed by atoms with Crippen molar-refractivity contribution in [1.82, 2.24) is 0 Å². The summed E-state index contributed by atoms with van der Waals surface area (Å²) in [5.74, 6) is -0.651. The number of rotatable bonds is 5. The van der Waals surface area contributed by atoms with Crippen LogP contribution in [0, 0.1) is 5.82 Å². The van der Waals surface area contributed by atoms with Gasteiger partial charge in [0.15, 0.2) is 11.9 Å². The van der Waals surface area contributed by atoms with E-state index in [1.165, 1.54) is 25.1 Å². The number of ether oxygens (including phenoxy) is 1. The number of carbonyl (C=O) groups excluding carboxylic acids is 2. The zero-order chi connectivity index (χ0) is 17.0. The van der Waals surface area contributed by atoms with Crippen LogP contribution in [0.1, 0.15) is 24.2 Å². The molecule has 120 valence electrons. The summed E-state index contributed by atoms with van der Waals surface area (Å²) in [7, 11) is 0. The number of Topliss-reactive ketones (excluding diaryl/α,β-unsaturated/α-hetero) is 1. The molecule has 0 aliphatic heterocycles. The first-order chi connectivity index (χ1) is 10.9. The molecular weight excluding hydrogens is 321 g/mol. The predicted molar refractivity (Wildman–Crippen MR) is 86.6 cm³/mol. The Balaban J connectivity index is 2.03. The van der Waals surface area contributed by atoms with Crippen molar-refractivity contribution in [3.63, 3.8) is 0 Å². The van der Waals surface area contributed by atoms with Gasteiger partial charge in [0, 0.05) is 11.3 Å². The monoisotopic (exact) mass is 335 g/mol. The molecule has 2 aromatic rings. The third-order valence-electron chi connectivity index (χ3n) is 3.11. The zero-order valence-corrected chi connectivity index (χ0v) is 13.4. The molecule has 0 fully saturated rings. The van der Waals surface area contributed by atoms with Crippen molar-refractivity contribution < 1.29 is 18.7 Å². The van der Waals surface area contributed by atoms with E-state index in [2.05, 4.69) is 5.32 Å². The smallest absolute Gasteiger partial charge is 0.265 e. The van der Waals surface area contributed by atoms with Crippen LogP contribution < -0.4 is 10.1 Å². The predicted octanol–water partition coefficient (Wildman–Crippen LogP) is 4.09. The quantitative estimate of drug-likeness (QED) is 0.837. The molecule has 0 aliphatic carbocycles. The number of hydrogen-bond donors (Lipinski definition) is 1. The number of benzene rings is 2. The Hall–Kier alpha value is -2.40. The fourth-order valence-corrected chi connectivity index (χ4v) is 2.04. The van der Waals surface area contributed by atoms with Crippen LogP contribution in [0.4, 0.5) is 10.1 Å². The number of anilines is 1. The van der Waals surface area contributed by atoms with Crippen molar-refractivity contribution in [1.29, 1.82) is 0 Å². The second kappa shape index (κ2) is 7.24. The Morgan fingerprint density at radius 3 is 2.61 bits per heavy atom. The van der Waals surface area contributed by atoms with Crippen LogP contribution in [-0.2, 0) is 4.79 Å². The van der Waals surface area contributed by atoms with E-state index in [0.717, 1.165) is 0 Å². The highest BCUT2D eigenvalue weighted by Crippen LogP contribution is 2.20. The van der Waals surface area contributed by atoms with E-state index < -0.39 is 17.8 Å². The molecular formula is C17H15ClFNO3. The van der Waals surface area contributed by atoms with Crippen molar-refractivity contribution >= 4 is 29.0 Å². The normalized spacial score (nSPS) is 11.7. The number of halogens is 2. The van der Waals surface area contributed by atoms with Gasteiger partial charge >= 0.3 is 0 Å². The second-order valence-electron chi connectivity index (χ2n) is 4.96.